The molecule has 112 valence electrons. The van der Waals surface area contributed by atoms with Gasteiger partial charge < -0.3 is 15.0 Å². The average Bonchev–Trinajstić information content (AvgIpc) is 3.11. The van der Waals surface area contributed by atoms with E-state index in [1.165, 1.54) is 32.1 Å². The van der Waals surface area contributed by atoms with Crippen LogP contribution in [0.25, 0.3) is 0 Å². The number of aromatic nitrogens is 2. The number of methoxy groups -OCH3 is 1. The van der Waals surface area contributed by atoms with E-state index in [-0.39, 0.29) is 6.10 Å². The van der Waals surface area contributed by atoms with Crippen molar-refractivity contribution >= 4 is 0 Å². The largest absolute Gasteiger partial charge is 0.373 e. The van der Waals surface area contributed by atoms with Gasteiger partial charge in [0.05, 0.1) is 5.54 Å². The lowest BCUT2D eigenvalue weighted by molar-refractivity contribution is 0.0273. The molecule has 2 aliphatic carbocycles. The highest BCUT2D eigenvalue weighted by atomic mass is 16.5. The van der Waals surface area contributed by atoms with Gasteiger partial charge in [0.2, 0.25) is 11.7 Å². The van der Waals surface area contributed by atoms with Gasteiger partial charge in [-0.25, -0.2) is 0 Å². The molecule has 0 bridgehead atoms. The second-order valence-corrected chi connectivity index (χ2v) is 6.38. The van der Waals surface area contributed by atoms with Gasteiger partial charge in [0, 0.05) is 7.11 Å². The Morgan fingerprint density at radius 1 is 1.20 bits per heavy atom. The van der Waals surface area contributed by atoms with Crippen LogP contribution in [0.2, 0.25) is 0 Å². The number of rotatable bonds is 4. The molecule has 0 radical (unpaired) electrons. The van der Waals surface area contributed by atoms with E-state index in [0.717, 1.165) is 25.7 Å². The lowest BCUT2D eigenvalue weighted by Crippen LogP contribution is -2.33. The third-order valence-corrected chi connectivity index (χ3v) is 4.95. The summed E-state index contributed by atoms with van der Waals surface area (Å²) in [5, 5.41) is 4.16. The molecule has 5 nitrogen and oxygen atoms in total. The molecule has 0 aromatic carbocycles. The molecule has 0 aliphatic heterocycles. The van der Waals surface area contributed by atoms with Gasteiger partial charge in [-0.15, -0.1) is 0 Å². The predicted octanol–water partition coefficient (Wildman–Crippen LogP) is 3.07. The molecule has 1 heterocycles. The van der Waals surface area contributed by atoms with Crippen molar-refractivity contribution < 1.29 is 9.26 Å². The highest BCUT2D eigenvalue weighted by molar-refractivity contribution is 5.06. The molecule has 20 heavy (non-hydrogen) atoms. The topological polar surface area (TPSA) is 74.2 Å². The molecule has 1 atom stereocenters. The Morgan fingerprint density at radius 2 is 1.90 bits per heavy atom. The van der Waals surface area contributed by atoms with Crippen LogP contribution in [-0.4, -0.2) is 17.3 Å². The van der Waals surface area contributed by atoms with Gasteiger partial charge in [0.25, 0.3) is 0 Å². The fourth-order valence-corrected chi connectivity index (χ4v) is 3.72. The summed E-state index contributed by atoms with van der Waals surface area (Å²) < 4.78 is 11.1. The fourth-order valence-electron chi connectivity index (χ4n) is 3.72. The number of ether oxygens (including phenoxy) is 1. The quantitative estimate of drug-likeness (QED) is 0.916. The third kappa shape index (κ3) is 2.61. The molecule has 0 saturated heterocycles. The summed E-state index contributed by atoms with van der Waals surface area (Å²) in [6.45, 7) is 0. The van der Waals surface area contributed by atoms with Crippen molar-refractivity contribution in [3.05, 3.63) is 11.7 Å². The van der Waals surface area contributed by atoms with E-state index < -0.39 is 5.54 Å². The summed E-state index contributed by atoms with van der Waals surface area (Å²) in [7, 11) is 1.74. The van der Waals surface area contributed by atoms with E-state index in [1.807, 2.05) is 0 Å². The van der Waals surface area contributed by atoms with Gasteiger partial charge in [-0.3, -0.25) is 0 Å². The minimum atomic E-state index is -0.407. The number of hydrogen-bond donors (Lipinski definition) is 1. The molecule has 1 unspecified atom stereocenters. The van der Waals surface area contributed by atoms with Crippen molar-refractivity contribution in [2.45, 2.75) is 69.4 Å². The van der Waals surface area contributed by atoms with Crippen LogP contribution in [0.1, 0.15) is 75.6 Å². The monoisotopic (exact) mass is 279 g/mol. The van der Waals surface area contributed by atoms with Crippen molar-refractivity contribution in [1.82, 2.24) is 10.1 Å². The molecule has 3 rings (SSSR count). The first kappa shape index (κ1) is 14.0. The summed E-state index contributed by atoms with van der Waals surface area (Å²) >= 11 is 0. The zero-order chi connectivity index (χ0) is 14.0. The summed E-state index contributed by atoms with van der Waals surface area (Å²) in [6.07, 6.45) is 10.4. The Kier molecular flexibility index (Phi) is 4.08. The zero-order valence-corrected chi connectivity index (χ0v) is 12.3. The van der Waals surface area contributed by atoms with Gasteiger partial charge in [-0.1, -0.05) is 37.3 Å². The summed E-state index contributed by atoms with van der Waals surface area (Å²) in [5.74, 6) is 1.80. The maximum Gasteiger partial charge on any atom is 0.246 e. The second-order valence-electron chi connectivity index (χ2n) is 6.38. The molecule has 1 aromatic rings. The molecule has 1 aromatic heterocycles. The normalized spacial score (nSPS) is 24.9. The van der Waals surface area contributed by atoms with E-state index in [9.17, 15) is 0 Å². The maximum absolute atomic E-state index is 6.38. The SMILES string of the molecule is COC(c1noc(C2(N)CCCC2)n1)C1CCCCC1. The van der Waals surface area contributed by atoms with Gasteiger partial charge in [-0.2, -0.15) is 4.98 Å². The highest BCUT2D eigenvalue weighted by Gasteiger charge is 2.38. The van der Waals surface area contributed by atoms with Crippen molar-refractivity contribution in [3.63, 3.8) is 0 Å². The first-order chi connectivity index (χ1) is 9.73. The Balaban J connectivity index is 1.77. The van der Waals surface area contributed by atoms with E-state index >= 15 is 0 Å². The summed E-state index contributed by atoms with van der Waals surface area (Å²) in [5.41, 5.74) is 5.97. The number of hydrogen-bond acceptors (Lipinski definition) is 5. The molecule has 2 saturated carbocycles. The van der Waals surface area contributed by atoms with Crippen LogP contribution in [0.5, 0.6) is 0 Å². The Bertz CT molecular complexity index is 434. The van der Waals surface area contributed by atoms with E-state index in [2.05, 4.69) is 10.1 Å². The first-order valence-electron chi connectivity index (χ1n) is 7.89. The lowest BCUT2D eigenvalue weighted by Gasteiger charge is -2.27. The van der Waals surface area contributed by atoms with Crippen LogP contribution in [0.3, 0.4) is 0 Å². The Labute approximate surface area is 120 Å². The molecular formula is C15H25N3O2. The van der Waals surface area contributed by atoms with Gasteiger partial charge in [0.15, 0.2) is 0 Å². The molecular weight excluding hydrogens is 254 g/mol. The zero-order valence-electron chi connectivity index (χ0n) is 12.3. The predicted molar refractivity (Wildman–Crippen MR) is 75.0 cm³/mol. The molecule has 2 fully saturated rings. The van der Waals surface area contributed by atoms with Crippen LogP contribution < -0.4 is 5.73 Å². The average molecular weight is 279 g/mol. The van der Waals surface area contributed by atoms with Crippen LogP contribution in [0.15, 0.2) is 4.52 Å². The first-order valence-corrected chi connectivity index (χ1v) is 7.89. The van der Waals surface area contributed by atoms with E-state index in [4.69, 9.17) is 15.0 Å². The summed E-state index contributed by atoms with van der Waals surface area (Å²) in [6, 6.07) is 0. The van der Waals surface area contributed by atoms with E-state index in [0.29, 0.717) is 17.6 Å². The molecule has 2 N–H and O–H groups in total. The molecule has 2 aliphatic rings. The number of nitrogens with zero attached hydrogens (tertiary/aromatic N) is 2. The van der Waals surface area contributed by atoms with E-state index in [1.54, 1.807) is 7.11 Å². The van der Waals surface area contributed by atoms with Crippen LogP contribution >= 0.6 is 0 Å². The highest BCUT2D eigenvalue weighted by Crippen LogP contribution is 2.38. The molecule has 0 amide bonds. The van der Waals surface area contributed by atoms with Crippen LogP contribution in [0, 0.1) is 5.92 Å². The second kappa shape index (κ2) is 5.82. The van der Waals surface area contributed by atoms with Gasteiger partial charge in [0.1, 0.15) is 6.10 Å². The van der Waals surface area contributed by atoms with Crippen LogP contribution in [0.4, 0.5) is 0 Å². The molecule has 5 heteroatoms. The van der Waals surface area contributed by atoms with Gasteiger partial charge in [-0.05, 0) is 31.6 Å². The minimum Gasteiger partial charge on any atom is -0.373 e. The fraction of sp³-hybridized carbons (Fsp3) is 0.867. The van der Waals surface area contributed by atoms with Crippen molar-refractivity contribution in [1.29, 1.82) is 0 Å². The van der Waals surface area contributed by atoms with Crippen molar-refractivity contribution in [2.24, 2.45) is 11.7 Å². The number of nitrogens with two attached hydrogens (primary N) is 1. The van der Waals surface area contributed by atoms with Gasteiger partial charge >= 0.3 is 0 Å². The van der Waals surface area contributed by atoms with Crippen LogP contribution in [-0.2, 0) is 10.3 Å². The third-order valence-electron chi connectivity index (χ3n) is 4.95. The molecule has 0 spiro atoms. The van der Waals surface area contributed by atoms with Crippen molar-refractivity contribution in [3.8, 4) is 0 Å². The standard InChI is InChI=1S/C15H25N3O2/c1-19-12(11-7-3-2-4-8-11)13-17-14(20-18-13)15(16)9-5-6-10-15/h11-12H,2-10,16H2,1H3. The lowest BCUT2D eigenvalue weighted by atomic mass is 9.85. The van der Waals surface area contributed by atoms with Crippen molar-refractivity contribution in [2.75, 3.05) is 7.11 Å². The smallest absolute Gasteiger partial charge is 0.246 e. The minimum absolute atomic E-state index is 0.0437. The Hall–Kier alpha value is -0.940. The maximum atomic E-state index is 6.38. The summed E-state index contributed by atoms with van der Waals surface area (Å²) in [4.78, 5) is 4.58. The Morgan fingerprint density at radius 3 is 2.55 bits per heavy atom.